The lowest BCUT2D eigenvalue weighted by molar-refractivity contribution is 0.475. The summed E-state index contributed by atoms with van der Waals surface area (Å²) < 4.78 is 5.51. The van der Waals surface area contributed by atoms with Crippen molar-refractivity contribution in [1.29, 1.82) is 0 Å². The number of aromatic nitrogens is 3. The molecule has 0 aromatic carbocycles. The predicted molar refractivity (Wildman–Crippen MR) is 70.5 cm³/mol. The molecule has 6 heteroatoms. The molecule has 0 spiro atoms. The Balaban J connectivity index is 1.53. The van der Waals surface area contributed by atoms with Gasteiger partial charge in [-0.2, -0.15) is 0 Å². The highest BCUT2D eigenvalue weighted by molar-refractivity contribution is 5.27. The summed E-state index contributed by atoms with van der Waals surface area (Å²) in [5.41, 5.74) is 2.32. The van der Waals surface area contributed by atoms with Crippen LogP contribution < -0.4 is 10.6 Å². The third kappa shape index (κ3) is 3.29. The molecule has 0 radical (unpaired) electrons. The van der Waals surface area contributed by atoms with Crippen LogP contribution in [0.25, 0.3) is 0 Å². The highest BCUT2D eigenvalue weighted by Crippen LogP contribution is 2.19. The molecule has 0 aliphatic heterocycles. The molecule has 0 amide bonds. The van der Waals surface area contributed by atoms with Gasteiger partial charge in [0, 0.05) is 25.0 Å². The number of nitrogens with zero attached hydrogens (tertiary/aromatic N) is 3. The number of pyridine rings is 1. The van der Waals surface area contributed by atoms with Crippen molar-refractivity contribution in [1.82, 2.24) is 20.5 Å². The average Bonchev–Trinajstić information content (AvgIpc) is 3.14. The Morgan fingerprint density at radius 3 is 3.00 bits per heavy atom. The Hall–Kier alpha value is -1.95. The molecule has 2 aromatic heterocycles. The SMILES string of the molecule is Cc1cnccc1CNc1nnc(CNC2CC2)o1. The fraction of sp³-hybridized carbons (Fsp3) is 0.462. The Labute approximate surface area is 111 Å². The third-order valence-corrected chi connectivity index (χ3v) is 3.15. The minimum atomic E-state index is 0.462. The molecular formula is C13H17N5O. The number of hydrogen-bond donors (Lipinski definition) is 2. The molecule has 100 valence electrons. The molecule has 1 saturated carbocycles. The van der Waals surface area contributed by atoms with Crippen LogP contribution in [-0.2, 0) is 13.1 Å². The maximum absolute atomic E-state index is 5.51. The Bertz CT molecular complexity index is 549. The Morgan fingerprint density at radius 2 is 2.21 bits per heavy atom. The largest absolute Gasteiger partial charge is 0.407 e. The first-order chi connectivity index (χ1) is 9.31. The van der Waals surface area contributed by atoms with Gasteiger partial charge in [0.1, 0.15) is 0 Å². The molecule has 2 aromatic rings. The van der Waals surface area contributed by atoms with E-state index in [0.717, 1.165) is 5.56 Å². The molecule has 2 N–H and O–H groups in total. The van der Waals surface area contributed by atoms with Crippen LogP contribution >= 0.6 is 0 Å². The molecule has 3 rings (SSSR count). The second-order valence-corrected chi connectivity index (χ2v) is 4.81. The number of nitrogens with one attached hydrogen (secondary N) is 2. The van der Waals surface area contributed by atoms with E-state index in [1.165, 1.54) is 18.4 Å². The Kier molecular flexibility index (Phi) is 3.41. The summed E-state index contributed by atoms with van der Waals surface area (Å²) in [4.78, 5) is 4.06. The minimum Gasteiger partial charge on any atom is -0.407 e. The maximum Gasteiger partial charge on any atom is 0.315 e. The highest BCUT2D eigenvalue weighted by Gasteiger charge is 2.21. The van der Waals surface area contributed by atoms with Crippen LogP contribution in [0, 0.1) is 6.92 Å². The molecule has 2 heterocycles. The minimum absolute atomic E-state index is 0.462. The van der Waals surface area contributed by atoms with Gasteiger partial charge >= 0.3 is 6.01 Å². The zero-order valence-corrected chi connectivity index (χ0v) is 10.9. The standard InChI is InChI=1S/C13H17N5O/c1-9-6-14-5-4-10(9)7-16-13-18-17-12(19-13)8-15-11-2-3-11/h4-6,11,15H,2-3,7-8H2,1H3,(H,16,18). The van der Waals surface area contributed by atoms with Gasteiger partial charge in [0.05, 0.1) is 6.54 Å². The van der Waals surface area contributed by atoms with Crippen LogP contribution in [0.4, 0.5) is 6.01 Å². The monoisotopic (exact) mass is 259 g/mol. The molecule has 19 heavy (non-hydrogen) atoms. The lowest BCUT2D eigenvalue weighted by atomic mass is 10.2. The van der Waals surface area contributed by atoms with Gasteiger partial charge in [-0.25, -0.2) is 0 Å². The summed E-state index contributed by atoms with van der Waals surface area (Å²) in [7, 11) is 0. The van der Waals surface area contributed by atoms with Gasteiger partial charge in [-0.3, -0.25) is 4.98 Å². The predicted octanol–water partition coefficient (Wildman–Crippen LogP) is 1.64. The lowest BCUT2D eigenvalue weighted by Crippen LogP contribution is -2.15. The van der Waals surface area contributed by atoms with Crippen LogP contribution in [-0.4, -0.2) is 21.2 Å². The molecule has 0 unspecified atom stereocenters. The van der Waals surface area contributed by atoms with Crippen LogP contribution in [0.15, 0.2) is 22.9 Å². The molecule has 1 aliphatic rings. The second kappa shape index (κ2) is 5.36. The first-order valence-corrected chi connectivity index (χ1v) is 6.50. The van der Waals surface area contributed by atoms with Gasteiger partial charge < -0.3 is 15.1 Å². The third-order valence-electron chi connectivity index (χ3n) is 3.15. The summed E-state index contributed by atoms with van der Waals surface area (Å²) in [5.74, 6) is 0.626. The van der Waals surface area contributed by atoms with Crippen molar-refractivity contribution in [2.45, 2.75) is 38.9 Å². The average molecular weight is 259 g/mol. The number of rotatable bonds is 6. The lowest BCUT2D eigenvalue weighted by Gasteiger charge is -2.04. The molecule has 0 atom stereocenters. The highest BCUT2D eigenvalue weighted by atomic mass is 16.4. The first-order valence-electron chi connectivity index (χ1n) is 6.50. The van der Waals surface area contributed by atoms with Crippen LogP contribution in [0.3, 0.4) is 0 Å². The first kappa shape index (κ1) is 12.1. The zero-order chi connectivity index (χ0) is 13.1. The normalized spacial score (nSPS) is 14.6. The van der Waals surface area contributed by atoms with E-state index in [0.29, 0.717) is 31.0 Å². The quantitative estimate of drug-likeness (QED) is 0.821. The van der Waals surface area contributed by atoms with Crippen LogP contribution in [0.1, 0.15) is 29.9 Å². The van der Waals surface area contributed by atoms with Crippen molar-refractivity contribution in [3.8, 4) is 0 Å². The van der Waals surface area contributed by atoms with Crippen molar-refractivity contribution in [3.63, 3.8) is 0 Å². The molecule has 1 fully saturated rings. The van der Waals surface area contributed by atoms with Crippen LogP contribution in [0.5, 0.6) is 0 Å². The fourth-order valence-corrected chi connectivity index (χ4v) is 1.79. The van der Waals surface area contributed by atoms with Crippen molar-refractivity contribution < 1.29 is 4.42 Å². The van der Waals surface area contributed by atoms with E-state index in [1.807, 2.05) is 19.2 Å². The van der Waals surface area contributed by atoms with Gasteiger partial charge in [-0.1, -0.05) is 5.10 Å². The topological polar surface area (TPSA) is 75.9 Å². The molecule has 1 aliphatic carbocycles. The van der Waals surface area contributed by atoms with Gasteiger partial charge in [-0.05, 0) is 37.0 Å². The van der Waals surface area contributed by atoms with Crippen molar-refractivity contribution in [3.05, 3.63) is 35.5 Å². The van der Waals surface area contributed by atoms with E-state index in [1.54, 1.807) is 6.20 Å². The summed E-state index contributed by atoms with van der Waals surface area (Å²) >= 11 is 0. The number of aryl methyl sites for hydroxylation is 1. The van der Waals surface area contributed by atoms with Gasteiger partial charge in [0.2, 0.25) is 5.89 Å². The molecule has 6 nitrogen and oxygen atoms in total. The van der Waals surface area contributed by atoms with E-state index >= 15 is 0 Å². The zero-order valence-electron chi connectivity index (χ0n) is 10.9. The van der Waals surface area contributed by atoms with E-state index < -0.39 is 0 Å². The van der Waals surface area contributed by atoms with Gasteiger partial charge in [0.15, 0.2) is 0 Å². The summed E-state index contributed by atoms with van der Waals surface area (Å²) in [5, 5.41) is 14.4. The summed E-state index contributed by atoms with van der Waals surface area (Å²) in [6.45, 7) is 3.34. The van der Waals surface area contributed by atoms with Gasteiger partial charge in [-0.15, -0.1) is 5.10 Å². The van der Waals surface area contributed by atoms with E-state index in [-0.39, 0.29) is 0 Å². The number of anilines is 1. The van der Waals surface area contributed by atoms with Crippen molar-refractivity contribution in [2.24, 2.45) is 0 Å². The molecule has 0 saturated heterocycles. The second-order valence-electron chi connectivity index (χ2n) is 4.81. The fourth-order valence-electron chi connectivity index (χ4n) is 1.79. The van der Waals surface area contributed by atoms with E-state index in [4.69, 9.17) is 4.42 Å². The smallest absolute Gasteiger partial charge is 0.315 e. The summed E-state index contributed by atoms with van der Waals surface area (Å²) in [6, 6.07) is 3.08. The molecular weight excluding hydrogens is 242 g/mol. The van der Waals surface area contributed by atoms with Crippen molar-refractivity contribution >= 4 is 6.01 Å². The molecule has 0 bridgehead atoms. The summed E-state index contributed by atoms with van der Waals surface area (Å²) in [6.07, 6.45) is 6.12. The van der Waals surface area contributed by atoms with Crippen LogP contribution in [0.2, 0.25) is 0 Å². The van der Waals surface area contributed by atoms with E-state index in [9.17, 15) is 0 Å². The maximum atomic E-state index is 5.51. The Morgan fingerprint density at radius 1 is 1.32 bits per heavy atom. The van der Waals surface area contributed by atoms with Gasteiger partial charge in [0.25, 0.3) is 0 Å². The van der Waals surface area contributed by atoms with E-state index in [2.05, 4.69) is 25.8 Å². The number of hydrogen-bond acceptors (Lipinski definition) is 6. The van der Waals surface area contributed by atoms with Crippen molar-refractivity contribution in [2.75, 3.05) is 5.32 Å².